The molecule has 0 aliphatic heterocycles. The molecule has 3 nitrogen and oxygen atoms in total. The first-order chi connectivity index (χ1) is 10.1. The van der Waals surface area contributed by atoms with E-state index in [9.17, 15) is 4.79 Å². The number of thioether (sulfide) groups is 1. The lowest BCUT2D eigenvalue weighted by Crippen LogP contribution is -2.42. The summed E-state index contributed by atoms with van der Waals surface area (Å²) in [5.41, 5.74) is 2.50. The van der Waals surface area contributed by atoms with E-state index in [0.29, 0.717) is 12.3 Å². The van der Waals surface area contributed by atoms with Crippen LogP contribution < -0.4 is 0 Å². The molecule has 118 valence electrons. The fraction of sp³-hybridized carbons (Fsp3) is 0.588. The van der Waals surface area contributed by atoms with E-state index in [1.54, 1.807) is 11.8 Å². The van der Waals surface area contributed by atoms with E-state index in [0.717, 1.165) is 18.6 Å². The first kappa shape index (κ1) is 18.1. The van der Waals surface area contributed by atoms with Crippen molar-refractivity contribution < 1.29 is 9.90 Å². The molecule has 1 N–H and O–H groups in total. The summed E-state index contributed by atoms with van der Waals surface area (Å²) < 4.78 is 0. The lowest BCUT2D eigenvalue weighted by Gasteiger charge is -2.30. The highest BCUT2D eigenvalue weighted by Crippen LogP contribution is 2.16. The maximum Gasteiger partial charge on any atom is 0.232 e. The van der Waals surface area contributed by atoms with Gasteiger partial charge in [-0.25, -0.2) is 0 Å². The molecule has 0 saturated carbocycles. The number of benzene rings is 1. The van der Waals surface area contributed by atoms with Crippen LogP contribution in [0, 0.1) is 6.92 Å². The molecule has 1 amide bonds. The smallest absolute Gasteiger partial charge is 0.232 e. The zero-order chi connectivity index (χ0) is 15.7. The number of hydrogen-bond acceptors (Lipinski definition) is 3. The van der Waals surface area contributed by atoms with Crippen molar-refractivity contribution in [1.82, 2.24) is 4.90 Å². The predicted molar refractivity (Wildman–Crippen MR) is 90.5 cm³/mol. The van der Waals surface area contributed by atoms with E-state index in [-0.39, 0.29) is 18.6 Å². The van der Waals surface area contributed by atoms with Gasteiger partial charge in [-0.1, -0.05) is 43.7 Å². The van der Waals surface area contributed by atoms with Crippen LogP contribution in [0.15, 0.2) is 24.3 Å². The van der Waals surface area contributed by atoms with Crippen LogP contribution >= 0.6 is 11.8 Å². The number of aliphatic hydroxyl groups is 1. The van der Waals surface area contributed by atoms with E-state index in [1.165, 1.54) is 11.1 Å². The molecule has 0 aromatic heterocycles. The van der Waals surface area contributed by atoms with Gasteiger partial charge in [-0.05, 0) is 25.3 Å². The molecule has 0 radical (unpaired) electrons. The average molecular weight is 309 g/mol. The number of carbonyl (C=O) groups excluding carboxylic acids is 1. The molecule has 0 spiro atoms. The molecule has 0 heterocycles. The molecule has 4 heteroatoms. The van der Waals surface area contributed by atoms with Gasteiger partial charge in [0.2, 0.25) is 5.91 Å². The van der Waals surface area contributed by atoms with E-state index in [4.69, 9.17) is 5.11 Å². The van der Waals surface area contributed by atoms with Crippen LogP contribution in [-0.4, -0.2) is 40.9 Å². The number of carbonyl (C=O) groups is 1. The Morgan fingerprint density at radius 2 is 2.05 bits per heavy atom. The van der Waals surface area contributed by atoms with Crippen LogP contribution in [-0.2, 0) is 10.5 Å². The topological polar surface area (TPSA) is 40.5 Å². The maximum absolute atomic E-state index is 12.3. The lowest BCUT2D eigenvalue weighted by molar-refractivity contribution is -0.131. The molecule has 0 unspecified atom stereocenters. The maximum atomic E-state index is 12.3. The van der Waals surface area contributed by atoms with Crippen molar-refractivity contribution in [2.75, 3.05) is 18.9 Å². The highest BCUT2D eigenvalue weighted by Gasteiger charge is 2.20. The number of rotatable bonds is 9. The minimum atomic E-state index is 0.0325. The lowest BCUT2D eigenvalue weighted by atomic mass is 10.1. The summed E-state index contributed by atoms with van der Waals surface area (Å²) in [5, 5.41) is 9.16. The number of amides is 1. The molecule has 0 aliphatic carbocycles. The molecule has 0 bridgehead atoms. The Bertz CT molecular complexity index is 433. The van der Waals surface area contributed by atoms with E-state index < -0.39 is 0 Å². The molecule has 1 rings (SSSR count). The number of nitrogens with zero attached hydrogens (tertiary/aromatic N) is 1. The van der Waals surface area contributed by atoms with Gasteiger partial charge in [-0.15, -0.1) is 11.8 Å². The first-order valence-corrected chi connectivity index (χ1v) is 8.81. The zero-order valence-corrected chi connectivity index (χ0v) is 14.2. The molecule has 0 aliphatic rings. The Hall–Kier alpha value is -1.00. The summed E-state index contributed by atoms with van der Waals surface area (Å²) in [5.74, 6) is 1.46. The minimum absolute atomic E-state index is 0.0325. The summed E-state index contributed by atoms with van der Waals surface area (Å²) in [7, 11) is 0. The minimum Gasteiger partial charge on any atom is -0.395 e. The van der Waals surface area contributed by atoms with Gasteiger partial charge < -0.3 is 10.0 Å². The molecule has 1 aromatic rings. The Labute approximate surface area is 132 Å². The van der Waals surface area contributed by atoms with Crippen LogP contribution in [0.25, 0.3) is 0 Å². The second-order valence-corrected chi connectivity index (χ2v) is 6.25. The highest BCUT2D eigenvalue weighted by molar-refractivity contribution is 7.99. The summed E-state index contributed by atoms with van der Waals surface area (Å²) in [6.45, 7) is 6.73. The third kappa shape index (κ3) is 6.10. The quantitative estimate of drug-likeness (QED) is 0.761. The summed E-state index contributed by atoms with van der Waals surface area (Å²) in [4.78, 5) is 14.2. The van der Waals surface area contributed by atoms with Gasteiger partial charge in [0, 0.05) is 18.3 Å². The van der Waals surface area contributed by atoms with Gasteiger partial charge >= 0.3 is 0 Å². The monoisotopic (exact) mass is 309 g/mol. The first-order valence-electron chi connectivity index (χ1n) is 7.65. The van der Waals surface area contributed by atoms with Crippen LogP contribution in [0.4, 0.5) is 0 Å². The van der Waals surface area contributed by atoms with Gasteiger partial charge in [-0.3, -0.25) is 4.79 Å². The summed E-state index contributed by atoms with van der Waals surface area (Å²) in [6.07, 6.45) is 1.87. The zero-order valence-electron chi connectivity index (χ0n) is 13.3. The third-order valence-electron chi connectivity index (χ3n) is 3.62. The van der Waals surface area contributed by atoms with Crippen molar-refractivity contribution in [2.24, 2.45) is 0 Å². The third-order valence-corrected chi connectivity index (χ3v) is 4.61. The fourth-order valence-corrected chi connectivity index (χ4v) is 3.35. The van der Waals surface area contributed by atoms with Gasteiger partial charge in [0.05, 0.1) is 12.4 Å². The van der Waals surface area contributed by atoms with Crippen molar-refractivity contribution in [3.8, 4) is 0 Å². The van der Waals surface area contributed by atoms with Crippen molar-refractivity contribution >= 4 is 17.7 Å². The largest absolute Gasteiger partial charge is 0.395 e. The van der Waals surface area contributed by atoms with Gasteiger partial charge in [0.25, 0.3) is 0 Å². The van der Waals surface area contributed by atoms with Gasteiger partial charge in [0.1, 0.15) is 0 Å². The number of aliphatic hydroxyl groups excluding tert-OH is 1. The summed E-state index contributed by atoms with van der Waals surface area (Å²) in [6, 6.07) is 8.62. The van der Waals surface area contributed by atoms with Crippen molar-refractivity contribution in [3.05, 3.63) is 35.4 Å². The van der Waals surface area contributed by atoms with Crippen molar-refractivity contribution in [2.45, 2.75) is 45.4 Å². The Kier molecular flexibility index (Phi) is 8.47. The van der Waals surface area contributed by atoms with Crippen LogP contribution in [0.2, 0.25) is 0 Å². The van der Waals surface area contributed by atoms with Crippen LogP contribution in [0.1, 0.15) is 37.8 Å². The van der Waals surface area contributed by atoms with Gasteiger partial charge in [0.15, 0.2) is 0 Å². The molecule has 0 fully saturated rings. The molecular weight excluding hydrogens is 282 g/mol. The molecular formula is C17H27NO2S. The second-order valence-electron chi connectivity index (χ2n) is 5.26. The second kappa shape index (κ2) is 9.85. The van der Waals surface area contributed by atoms with Crippen LogP contribution in [0.3, 0.4) is 0 Å². The number of aryl methyl sites for hydroxylation is 1. The SMILES string of the molecule is CCC(CC)N(CCO)C(=O)CSCc1cccc(C)c1. The predicted octanol–water partition coefficient (Wildman–Crippen LogP) is 3.24. The average Bonchev–Trinajstić information content (AvgIpc) is 2.47. The van der Waals surface area contributed by atoms with E-state index in [2.05, 4.69) is 45.0 Å². The number of hydrogen-bond donors (Lipinski definition) is 1. The van der Waals surface area contributed by atoms with Gasteiger partial charge in [-0.2, -0.15) is 0 Å². The highest BCUT2D eigenvalue weighted by atomic mass is 32.2. The Morgan fingerprint density at radius 3 is 2.62 bits per heavy atom. The van der Waals surface area contributed by atoms with Crippen LogP contribution in [0.5, 0.6) is 0 Å². The standard InChI is InChI=1S/C17H27NO2S/c1-4-16(5-2)18(9-10-19)17(20)13-21-12-15-8-6-7-14(3)11-15/h6-8,11,16,19H,4-5,9-10,12-13H2,1-3H3. The molecule has 0 saturated heterocycles. The van der Waals surface area contributed by atoms with Crippen molar-refractivity contribution in [3.63, 3.8) is 0 Å². The van der Waals surface area contributed by atoms with E-state index in [1.807, 2.05) is 4.90 Å². The van der Waals surface area contributed by atoms with Crippen molar-refractivity contribution in [1.29, 1.82) is 0 Å². The fourth-order valence-electron chi connectivity index (χ4n) is 2.49. The normalized spacial score (nSPS) is 10.9. The Morgan fingerprint density at radius 1 is 1.33 bits per heavy atom. The molecule has 0 atom stereocenters. The Balaban J connectivity index is 2.49. The molecule has 21 heavy (non-hydrogen) atoms. The molecule has 1 aromatic carbocycles. The summed E-state index contributed by atoms with van der Waals surface area (Å²) >= 11 is 1.64. The van der Waals surface area contributed by atoms with E-state index >= 15 is 0 Å².